The molecule has 1 atom stereocenters. The van der Waals surface area contributed by atoms with E-state index in [-0.39, 0.29) is 29.5 Å². The maximum atomic E-state index is 13.5. The van der Waals surface area contributed by atoms with Crippen LogP contribution in [0.25, 0.3) is 0 Å². The van der Waals surface area contributed by atoms with E-state index >= 15 is 0 Å². The molecule has 5 rings (SSSR count). The molecule has 2 fully saturated rings. The molecule has 0 spiro atoms. The van der Waals surface area contributed by atoms with E-state index in [0.29, 0.717) is 75.0 Å². The Morgan fingerprint density at radius 2 is 2.03 bits per heavy atom. The smallest absolute Gasteiger partial charge is 0.325 e. The summed E-state index contributed by atoms with van der Waals surface area (Å²) in [6.45, 7) is 5.10. The maximum Gasteiger partial charge on any atom is 0.325 e. The highest BCUT2D eigenvalue weighted by molar-refractivity contribution is 7.09. The summed E-state index contributed by atoms with van der Waals surface area (Å²) in [4.78, 5) is 60.3. The van der Waals surface area contributed by atoms with Gasteiger partial charge in [0.1, 0.15) is 17.6 Å². The molecule has 2 aromatic rings. The number of nitrogens with one attached hydrogen (secondary N) is 1. The Bertz CT molecular complexity index is 1180. The van der Waals surface area contributed by atoms with Crippen LogP contribution in [-0.2, 0) is 17.6 Å². The van der Waals surface area contributed by atoms with E-state index in [1.165, 1.54) is 22.5 Å². The average Bonchev–Trinajstić information content (AvgIpc) is 3.55. The number of aromatic nitrogens is 1. The molecule has 1 unspecified atom stereocenters. The molecule has 4 amide bonds. The molecule has 35 heavy (non-hydrogen) atoms. The van der Waals surface area contributed by atoms with Crippen molar-refractivity contribution in [3.05, 3.63) is 39.2 Å². The zero-order chi connectivity index (χ0) is 24.7. The zero-order valence-electron chi connectivity index (χ0n) is 20.1. The number of amides is 4. The van der Waals surface area contributed by atoms with Crippen LogP contribution in [0.4, 0.5) is 4.79 Å². The summed E-state index contributed by atoms with van der Waals surface area (Å²) < 4.78 is 5.53. The van der Waals surface area contributed by atoms with Crippen LogP contribution in [0.1, 0.15) is 76.1 Å². The lowest BCUT2D eigenvalue weighted by atomic mass is 9.75. The van der Waals surface area contributed by atoms with Crippen molar-refractivity contribution in [2.45, 2.75) is 64.3 Å². The van der Waals surface area contributed by atoms with E-state index in [0.717, 1.165) is 17.0 Å². The molecule has 2 saturated heterocycles. The van der Waals surface area contributed by atoms with Gasteiger partial charge in [0.2, 0.25) is 0 Å². The summed E-state index contributed by atoms with van der Waals surface area (Å²) >= 11 is 1.53. The lowest BCUT2D eigenvalue weighted by Crippen LogP contribution is -2.56. The number of hydrogen-bond donors (Lipinski definition) is 1. The quantitative estimate of drug-likeness (QED) is 0.611. The number of imide groups is 1. The van der Waals surface area contributed by atoms with Gasteiger partial charge in [-0.25, -0.2) is 9.78 Å². The van der Waals surface area contributed by atoms with Crippen molar-refractivity contribution < 1.29 is 23.6 Å². The second-order valence-electron chi connectivity index (χ2n) is 9.61. The fraction of sp³-hybridized carbons (Fsp3) is 0.560. The first-order valence-corrected chi connectivity index (χ1v) is 13.2. The minimum absolute atomic E-state index is 0.0314. The second-order valence-corrected chi connectivity index (χ2v) is 10.6. The average molecular weight is 499 g/mol. The molecule has 0 radical (unpaired) electrons. The number of nitrogens with zero attached hydrogens (tertiary/aromatic N) is 3. The number of aryl methyl sites for hydroxylation is 2. The Kier molecular flexibility index (Phi) is 6.25. The number of thiazole rings is 1. The first kappa shape index (κ1) is 23.7. The maximum absolute atomic E-state index is 13.5. The fourth-order valence-corrected chi connectivity index (χ4v) is 6.53. The Balaban J connectivity index is 1.26. The number of furan rings is 1. The molecule has 0 saturated carbocycles. The minimum atomic E-state index is -0.945. The number of hydrogen-bond acceptors (Lipinski definition) is 7. The van der Waals surface area contributed by atoms with Gasteiger partial charge in [-0.2, -0.15) is 0 Å². The molecule has 9 nitrogen and oxygen atoms in total. The van der Waals surface area contributed by atoms with Crippen LogP contribution in [-0.4, -0.2) is 63.6 Å². The minimum Gasteiger partial charge on any atom is -0.468 e. The zero-order valence-corrected chi connectivity index (χ0v) is 20.9. The summed E-state index contributed by atoms with van der Waals surface area (Å²) in [5.41, 5.74) is 2.56. The molecule has 2 aromatic heterocycles. The standard InChI is InChI=1S/C25H30N4O5S/c1-3-25(23(32)29(24(33)27-25)12-9-20-15(2)26-14-35-20)16-7-10-28(11-8-16)22(31)17-13-34-19-6-4-5-18(30)21(17)19/h13-14,16H,3-12H2,1-2H3,(H,27,33). The van der Waals surface area contributed by atoms with E-state index in [1.807, 2.05) is 13.8 Å². The van der Waals surface area contributed by atoms with Crippen molar-refractivity contribution in [1.29, 1.82) is 0 Å². The molecule has 3 aliphatic rings. The second kappa shape index (κ2) is 9.22. The summed E-state index contributed by atoms with van der Waals surface area (Å²) in [5, 5.41) is 3.01. The van der Waals surface area contributed by atoms with Gasteiger partial charge in [0.15, 0.2) is 5.78 Å². The summed E-state index contributed by atoms with van der Waals surface area (Å²) in [6, 6.07) is -0.346. The predicted molar refractivity (Wildman–Crippen MR) is 128 cm³/mol. The molecule has 1 N–H and O–H groups in total. The Morgan fingerprint density at radius 3 is 2.71 bits per heavy atom. The third-order valence-electron chi connectivity index (χ3n) is 7.83. The van der Waals surface area contributed by atoms with Crippen molar-refractivity contribution in [1.82, 2.24) is 20.1 Å². The van der Waals surface area contributed by atoms with Gasteiger partial charge in [-0.15, -0.1) is 11.3 Å². The number of carbonyl (C=O) groups excluding carboxylic acids is 4. The summed E-state index contributed by atoms with van der Waals surface area (Å²) in [7, 11) is 0. The highest BCUT2D eigenvalue weighted by atomic mass is 32.1. The van der Waals surface area contributed by atoms with Gasteiger partial charge in [0.05, 0.1) is 22.3 Å². The number of rotatable bonds is 6. The van der Waals surface area contributed by atoms with Crippen LogP contribution >= 0.6 is 11.3 Å². The largest absolute Gasteiger partial charge is 0.468 e. The number of piperidine rings is 1. The molecule has 2 aliphatic heterocycles. The van der Waals surface area contributed by atoms with Crippen LogP contribution in [0.5, 0.6) is 0 Å². The van der Waals surface area contributed by atoms with E-state index in [4.69, 9.17) is 4.42 Å². The van der Waals surface area contributed by atoms with E-state index in [1.54, 1.807) is 10.4 Å². The monoisotopic (exact) mass is 498 g/mol. The van der Waals surface area contributed by atoms with Gasteiger partial charge < -0.3 is 14.6 Å². The van der Waals surface area contributed by atoms with Crippen molar-refractivity contribution >= 4 is 35.0 Å². The lowest BCUT2D eigenvalue weighted by Gasteiger charge is -2.40. The molecule has 186 valence electrons. The van der Waals surface area contributed by atoms with E-state index in [9.17, 15) is 19.2 Å². The molecule has 0 aromatic carbocycles. The number of urea groups is 1. The van der Waals surface area contributed by atoms with Gasteiger partial charge in [-0.05, 0) is 38.5 Å². The highest BCUT2D eigenvalue weighted by Crippen LogP contribution is 2.37. The van der Waals surface area contributed by atoms with Crippen LogP contribution in [0, 0.1) is 12.8 Å². The van der Waals surface area contributed by atoms with Gasteiger partial charge in [-0.3, -0.25) is 19.3 Å². The van der Waals surface area contributed by atoms with Crippen molar-refractivity contribution in [3.63, 3.8) is 0 Å². The van der Waals surface area contributed by atoms with Gasteiger partial charge in [0, 0.05) is 43.8 Å². The van der Waals surface area contributed by atoms with Crippen molar-refractivity contribution in [2.24, 2.45) is 5.92 Å². The van der Waals surface area contributed by atoms with Gasteiger partial charge in [0.25, 0.3) is 11.8 Å². The fourth-order valence-electron chi connectivity index (χ4n) is 5.76. The number of likely N-dealkylation sites (tertiary alicyclic amines) is 1. The Hall–Kier alpha value is -3.01. The van der Waals surface area contributed by atoms with Crippen LogP contribution in [0.15, 0.2) is 16.2 Å². The number of carbonyl (C=O) groups is 4. The SMILES string of the molecule is CCC1(C2CCN(C(=O)c3coc4c3C(=O)CCC4)CC2)NC(=O)N(CCc2scnc2C)C1=O. The molecule has 4 heterocycles. The molecule has 0 bridgehead atoms. The Morgan fingerprint density at radius 1 is 1.26 bits per heavy atom. The van der Waals surface area contributed by atoms with Crippen LogP contribution in [0.3, 0.4) is 0 Å². The Labute approximate surface area is 207 Å². The molecule has 10 heteroatoms. The number of ketones is 1. The van der Waals surface area contributed by atoms with Gasteiger partial charge >= 0.3 is 6.03 Å². The van der Waals surface area contributed by atoms with Gasteiger partial charge in [-0.1, -0.05) is 6.92 Å². The summed E-state index contributed by atoms with van der Waals surface area (Å²) in [6.07, 6.45) is 5.57. The number of fused-ring (bicyclic) bond motifs is 1. The van der Waals surface area contributed by atoms with Crippen LogP contribution < -0.4 is 5.32 Å². The normalized spacial score (nSPS) is 23.1. The number of Topliss-reactive ketones (excluding diaryl/α,β-unsaturated/α-hetero) is 1. The van der Waals surface area contributed by atoms with Crippen molar-refractivity contribution in [3.8, 4) is 0 Å². The lowest BCUT2D eigenvalue weighted by molar-refractivity contribution is -0.134. The van der Waals surface area contributed by atoms with E-state index in [2.05, 4.69) is 10.3 Å². The van der Waals surface area contributed by atoms with Crippen molar-refractivity contribution in [2.75, 3.05) is 19.6 Å². The predicted octanol–water partition coefficient (Wildman–Crippen LogP) is 3.36. The molecular formula is C25H30N4O5S. The first-order chi connectivity index (χ1) is 16.9. The third-order valence-corrected chi connectivity index (χ3v) is 8.83. The summed E-state index contributed by atoms with van der Waals surface area (Å²) in [5.74, 6) is 0.139. The highest BCUT2D eigenvalue weighted by Gasteiger charge is 2.54. The van der Waals surface area contributed by atoms with Crippen LogP contribution in [0.2, 0.25) is 0 Å². The first-order valence-electron chi connectivity index (χ1n) is 12.3. The molecule has 1 aliphatic carbocycles. The van der Waals surface area contributed by atoms with E-state index < -0.39 is 5.54 Å². The third kappa shape index (κ3) is 3.97. The molecular weight excluding hydrogens is 468 g/mol. The topological polar surface area (TPSA) is 113 Å².